The van der Waals surface area contributed by atoms with Crippen molar-refractivity contribution in [3.8, 4) is 0 Å². The van der Waals surface area contributed by atoms with Crippen LogP contribution >= 0.6 is 0 Å². The van der Waals surface area contributed by atoms with Crippen molar-refractivity contribution >= 4 is 5.97 Å². The normalized spacial score (nSPS) is 55.0. The Hall–Kier alpha value is -0.570. The van der Waals surface area contributed by atoms with Crippen LogP contribution in [0.4, 0.5) is 0 Å². The molecule has 0 aromatic carbocycles. The van der Waals surface area contributed by atoms with Gasteiger partial charge in [-0.3, -0.25) is 4.79 Å². The zero-order valence-electron chi connectivity index (χ0n) is 14.9. The molecular formula is C20H32O3. The monoisotopic (exact) mass is 320 g/mol. The standard InChI is InChI=1S/C20H32O3/c1-12(21)23-16-8-4-6-15-18(22)17-13-7-5-10-19(13,2)11-9-14(17)20(15,16)3/h13-18,22H,4-11H2,1-3H3/t13-,14-,15+,16+,17-,18+,19-,20+/m0/s1. The number of hydrogen-bond donors (Lipinski definition) is 1. The van der Waals surface area contributed by atoms with Gasteiger partial charge in [0.2, 0.25) is 0 Å². The number of fused-ring (bicyclic) bond motifs is 5. The topological polar surface area (TPSA) is 46.5 Å². The fraction of sp³-hybridized carbons (Fsp3) is 0.950. The lowest BCUT2D eigenvalue weighted by molar-refractivity contribution is -0.165. The van der Waals surface area contributed by atoms with E-state index in [1.807, 2.05) is 0 Å². The minimum absolute atomic E-state index is 0.00848. The summed E-state index contributed by atoms with van der Waals surface area (Å²) in [5.74, 6) is 1.80. The van der Waals surface area contributed by atoms with Gasteiger partial charge in [0.1, 0.15) is 6.10 Å². The van der Waals surface area contributed by atoms with Crippen LogP contribution in [0.15, 0.2) is 0 Å². The lowest BCUT2D eigenvalue weighted by Crippen LogP contribution is -2.49. The van der Waals surface area contributed by atoms with E-state index in [-0.39, 0.29) is 23.6 Å². The van der Waals surface area contributed by atoms with Gasteiger partial charge in [-0.25, -0.2) is 0 Å². The zero-order valence-corrected chi connectivity index (χ0v) is 14.9. The van der Waals surface area contributed by atoms with Crippen LogP contribution in [-0.2, 0) is 9.53 Å². The molecule has 0 saturated heterocycles. The number of esters is 1. The largest absolute Gasteiger partial charge is 0.462 e. The van der Waals surface area contributed by atoms with Crippen molar-refractivity contribution in [1.29, 1.82) is 0 Å². The number of carbonyl (C=O) groups is 1. The number of carbonyl (C=O) groups excluding carboxylic acids is 1. The Kier molecular flexibility index (Phi) is 3.61. The number of ether oxygens (including phenoxy) is 1. The van der Waals surface area contributed by atoms with Crippen molar-refractivity contribution in [2.75, 3.05) is 0 Å². The summed E-state index contributed by atoms with van der Waals surface area (Å²) in [6, 6.07) is 0. The maximum Gasteiger partial charge on any atom is 0.302 e. The summed E-state index contributed by atoms with van der Waals surface area (Å²) in [5, 5.41) is 11.3. The lowest BCUT2D eigenvalue weighted by Gasteiger charge is -2.50. The highest BCUT2D eigenvalue weighted by atomic mass is 16.5. The van der Waals surface area contributed by atoms with Crippen molar-refractivity contribution in [3.05, 3.63) is 0 Å². The fourth-order valence-corrected chi connectivity index (χ4v) is 7.48. The maximum atomic E-state index is 11.6. The second-order valence-electron chi connectivity index (χ2n) is 9.37. The molecule has 3 nitrogen and oxygen atoms in total. The van der Waals surface area contributed by atoms with Gasteiger partial charge in [0.05, 0.1) is 6.10 Å². The Morgan fingerprint density at radius 2 is 1.74 bits per heavy atom. The Bertz CT molecular complexity index is 503. The first kappa shape index (κ1) is 15.9. The Morgan fingerprint density at radius 3 is 2.48 bits per heavy atom. The first-order valence-corrected chi connectivity index (χ1v) is 9.73. The third kappa shape index (κ3) is 2.08. The molecule has 3 heteroatoms. The number of rotatable bonds is 1. The van der Waals surface area contributed by atoms with Crippen LogP contribution in [0.3, 0.4) is 0 Å². The molecule has 8 atom stereocenters. The molecule has 0 aromatic heterocycles. The molecule has 0 unspecified atom stereocenters. The molecular weight excluding hydrogens is 288 g/mol. The fourth-order valence-electron chi connectivity index (χ4n) is 7.48. The molecule has 0 spiro atoms. The third-order valence-electron chi connectivity index (χ3n) is 8.50. The van der Waals surface area contributed by atoms with E-state index >= 15 is 0 Å². The summed E-state index contributed by atoms with van der Waals surface area (Å²) in [4.78, 5) is 11.6. The zero-order chi connectivity index (χ0) is 16.4. The number of hydrogen-bond acceptors (Lipinski definition) is 3. The summed E-state index contributed by atoms with van der Waals surface area (Å²) in [7, 11) is 0. The summed E-state index contributed by atoms with van der Waals surface area (Å²) in [6.07, 6.45) is 9.43. The third-order valence-corrected chi connectivity index (χ3v) is 8.50. The molecule has 130 valence electrons. The van der Waals surface area contributed by atoms with Crippen molar-refractivity contribution in [2.24, 2.45) is 34.5 Å². The molecule has 4 fully saturated rings. The summed E-state index contributed by atoms with van der Waals surface area (Å²) >= 11 is 0. The highest BCUT2D eigenvalue weighted by molar-refractivity contribution is 5.66. The predicted molar refractivity (Wildman–Crippen MR) is 88.7 cm³/mol. The van der Waals surface area contributed by atoms with Gasteiger partial charge in [0.25, 0.3) is 0 Å². The minimum Gasteiger partial charge on any atom is -0.462 e. The molecule has 0 heterocycles. The molecule has 0 aromatic rings. The SMILES string of the molecule is CC(=O)O[C@@H]1CCC[C@@H]2[C@@H](O)[C@H]3[C@@H]4CCC[C@@]4(C)CC[C@@H]3[C@]21C. The molecule has 0 radical (unpaired) electrons. The second-order valence-corrected chi connectivity index (χ2v) is 9.37. The van der Waals surface area contributed by atoms with E-state index in [2.05, 4.69) is 13.8 Å². The van der Waals surface area contributed by atoms with Gasteiger partial charge in [-0.1, -0.05) is 20.3 Å². The van der Waals surface area contributed by atoms with Crippen molar-refractivity contribution in [3.63, 3.8) is 0 Å². The average molecular weight is 320 g/mol. The van der Waals surface area contributed by atoms with Crippen LogP contribution in [0.2, 0.25) is 0 Å². The van der Waals surface area contributed by atoms with Crippen LogP contribution in [0.25, 0.3) is 0 Å². The molecule has 4 aliphatic carbocycles. The van der Waals surface area contributed by atoms with Gasteiger partial charge in [0.15, 0.2) is 0 Å². The molecule has 23 heavy (non-hydrogen) atoms. The highest BCUT2D eigenvalue weighted by Crippen LogP contribution is 2.68. The molecule has 0 aliphatic heterocycles. The van der Waals surface area contributed by atoms with Gasteiger partial charge in [-0.05, 0) is 74.0 Å². The van der Waals surface area contributed by atoms with E-state index < -0.39 is 0 Å². The summed E-state index contributed by atoms with van der Waals surface area (Å²) < 4.78 is 5.79. The summed E-state index contributed by atoms with van der Waals surface area (Å²) in [6.45, 7) is 6.32. The predicted octanol–water partition coefficient (Wildman–Crippen LogP) is 3.93. The van der Waals surface area contributed by atoms with Crippen LogP contribution in [-0.4, -0.2) is 23.3 Å². The highest BCUT2D eigenvalue weighted by Gasteiger charge is 2.67. The molecule has 1 N–H and O–H groups in total. The molecule has 4 saturated carbocycles. The van der Waals surface area contributed by atoms with E-state index in [9.17, 15) is 9.90 Å². The Morgan fingerprint density at radius 1 is 1.00 bits per heavy atom. The van der Waals surface area contributed by atoms with Gasteiger partial charge >= 0.3 is 5.97 Å². The van der Waals surface area contributed by atoms with Crippen molar-refractivity contribution < 1.29 is 14.6 Å². The van der Waals surface area contributed by atoms with Gasteiger partial charge < -0.3 is 9.84 Å². The van der Waals surface area contributed by atoms with E-state index in [0.29, 0.717) is 29.1 Å². The van der Waals surface area contributed by atoms with Crippen molar-refractivity contribution in [1.82, 2.24) is 0 Å². The minimum atomic E-state index is -0.189. The Labute approximate surface area is 140 Å². The number of aliphatic hydroxyl groups excluding tert-OH is 1. The molecule has 0 bridgehead atoms. The van der Waals surface area contributed by atoms with E-state index in [0.717, 1.165) is 19.3 Å². The van der Waals surface area contributed by atoms with E-state index in [1.165, 1.54) is 39.0 Å². The Balaban J connectivity index is 1.71. The van der Waals surface area contributed by atoms with E-state index in [1.54, 1.807) is 0 Å². The van der Waals surface area contributed by atoms with Crippen LogP contribution < -0.4 is 0 Å². The van der Waals surface area contributed by atoms with Gasteiger partial charge in [0, 0.05) is 12.3 Å². The van der Waals surface area contributed by atoms with Crippen LogP contribution in [0.5, 0.6) is 0 Å². The lowest BCUT2D eigenvalue weighted by atomic mass is 9.55. The van der Waals surface area contributed by atoms with Gasteiger partial charge in [-0.15, -0.1) is 0 Å². The summed E-state index contributed by atoms with van der Waals surface area (Å²) in [5.41, 5.74) is 0.431. The van der Waals surface area contributed by atoms with E-state index in [4.69, 9.17) is 4.74 Å². The first-order chi connectivity index (χ1) is 10.9. The molecule has 4 aliphatic rings. The number of aliphatic hydroxyl groups is 1. The maximum absolute atomic E-state index is 11.6. The van der Waals surface area contributed by atoms with Crippen LogP contribution in [0.1, 0.15) is 72.1 Å². The quantitative estimate of drug-likeness (QED) is 0.745. The van der Waals surface area contributed by atoms with Crippen molar-refractivity contribution in [2.45, 2.75) is 84.3 Å². The second kappa shape index (κ2) is 5.21. The molecule has 0 amide bonds. The average Bonchev–Trinajstić information content (AvgIpc) is 2.97. The smallest absolute Gasteiger partial charge is 0.302 e. The first-order valence-electron chi connectivity index (χ1n) is 9.73. The molecule has 4 rings (SSSR count). The van der Waals surface area contributed by atoms with Crippen LogP contribution in [0, 0.1) is 34.5 Å². The van der Waals surface area contributed by atoms with Gasteiger partial charge in [-0.2, -0.15) is 0 Å².